The summed E-state index contributed by atoms with van der Waals surface area (Å²) in [6.07, 6.45) is 3.25. The molecule has 1 aromatic heterocycles. The first-order chi connectivity index (χ1) is 6.77. The maximum Gasteiger partial charge on any atom is 0.356 e. The minimum absolute atomic E-state index is 0.368. The number of rotatable bonds is 5. The van der Waals surface area contributed by atoms with Gasteiger partial charge in [0.1, 0.15) is 5.69 Å². The van der Waals surface area contributed by atoms with E-state index in [1.165, 1.54) is 18.0 Å². The zero-order valence-electron chi connectivity index (χ0n) is 7.95. The van der Waals surface area contributed by atoms with Crippen LogP contribution >= 0.6 is 11.8 Å². The average molecular weight is 212 g/mol. The number of esters is 1. The van der Waals surface area contributed by atoms with Crippen LogP contribution in [0.3, 0.4) is 0 Å². The molecule has 0 fully saturated rings. The van der Waals surface area contributed by atoms with Crippen molar-refractivity contribution in [2.45, 2.75) is 12.1 Å². The van der Waals surface area contributed by atoms with E-state index in [0.29, 0.717) is 17.5 Å². The fourth-order valence-electron chi connectivity index (χ4n) is 0.827. The lowest BCUT2D eigenvalue weighted by Crippen LogP contribution is -2.04. The van der Waals surface area contributed by atoms with Gasteiger partial charge in [0.15, 0.2) is 5.16 Å². The number of nitrogens with zero attached hydrogens (tertiary/aromatic N) is 1. The third kappa shape index (κ3) is 2.92. The quantitative estimate of drug-likeness (QED) is 0.460. The van der Waals surface area contributed by atoms with Crippen LogP contribution < -0.4 is 0 Å². The van der Waals surface area contributed by atoms with Gasteiger partial charge in [-0.25, -0.2) is 9.78 Å². The minimum Gasteiger partial charge on any atom is -0.461 e. The number of thioether (sulfide) groups is 1. The Bertz CT molecular complexity index is 322. The summed E-state index contributed by atoms with van der Waals surface area (Å²) < 4.78 is 4.81. The number of H-pyrrole nitrogens is 1. The zero-order chi connectivity index (χ0) is 10.4. The van der Waals surface area contributed by atoms with Crippen LogP contribution in [0.25, 0.3) is 0 Å². The number of ether oxygens (including phenoxy) is 1. The Morgan fingerprint density at radius 2 is 2.64 bits per heavy atom. The van der Waals surface area contributed by atoms with Crippen molar-refractivity contribution in [3.05, 3.63) is 24.5 Å². The van der Waals surface area contributed by atoms with Crippen LogP contribution in [0, 0.1) is 0 Å². The Balaban J connectivity index is 2.58. The van der Waals surface area contributed by atoms with Gasteiger partial charge in [-0.15, -0.1) is 6.58 Å². The van der Waals surface area contributed by atoms with Crippen LogP contribution in [0.1, 0.15) is 17.4 Å². The van der Waals surface area contributed by atoms with Crippen molar-refractivity contribution in [3.63, 3.8) is 0 Å². The molecule has 4 nitrogen and oxygen atoms in total. The van der Waals surface area contributed by atoms with Crippen molar-refractivity contribution >= 4 is 17.7 Å². The van der Waals surface area contributed by atoms with E-state index in [9.17, 15) is 4.79 Å². The summed E-state index contributed by atoms with van der Waals surface area (Å²) in [7, 11) is 0. The number of carbonyl (C=O) groups excluding carboxylic acids is 1. The summed E-state index contributed by atoms with van der Waals surface area (Å²) in [6.45, 7) is 5.73. The predicted octanol–water partition coefficient (Wildman–Crippen LogP) is 1.86. The molecule has 0 unspecified atom stereocenters. The van der Waals surface area contributed by atoms with Crippen LogP contribution in [0.4, 0.5) is 0 Å². The molecule has 1 heterocycles. The van der Waals surface area contributed by atoms with Crippen LogP contribution in [0.5, 0.6) is 0 Å². The molecule has 1 aromatic rings. The number of nitrogens with one attached hydrogen (secondary N) is 1. The minimum atomic E-state index is -0.370. The number of imidazole rings is 1. The summed E-state index contributed by atoms with van der Waals surface area (Å²) in [4.78, 5) is 18.1. The smallest absolute Gasteiger partial charge is 0.356 e. The largest absolute Gasteiger partial charge is 0.461 e. The van der Waals surface area contributed by atoms with E-state index in [2.05, 4.69) is 16.5 Å². The van der Waals surface area contributed by atoms with Crippen LogP contribution in [-0.2, 0) is 4.74 Å². The summed E-state index contributed by atoms with van der Waals surface area (Å²) in [5.41, 5.74) is 0.387. The van der Waals surface area contributed by atoms with Crippen LogP contribution in [0.2, 0.25) is 0 Å². The van der Waals surface area contributed by atoms with Crippen molar-refractivity contribution < 1.29 is 9.53 Å². The maximum atomic E-state index is 11.2. The molecule has 1 N–H and O–H groups in total. The SMILES string of the molecule is C=CCSc1ncc(C(=O)OCC)[nH]1. The molecule has 0 amide bonds. The first-order valence-corrected chi connectivity index (χ1v) is 5.22. The highest BCUT2D eigenvalue weighted by atomic mass is 32.2. The van der Waals surface area contributed by atoms with E-state index in [1.807, 2.05) is 0 Å². The molecular formula is C9H12N2O2S. The highest BCUT2D eigenvalue weighted by Crippen LogP contribution is 2.13. The third-order valence-electron chi connectivity index (χ3n) is 1.39. The van der Waals surface area contributed by atoms with Gasteiger partial charge < -0.3 is 9.72 Å². The first-order valence-electron chi connectivity index (χ1n) is 4.23. The fourth-order valence-corrected chi connectivity index (χ4v) is 1.41. The highest BCUT2D eigenvalue weighted by molar-refractivity contribution is 7.99. The predicted molar refractivity (Wildman–Crippen MR) is 55.5 cm³/mol. The Morgan fingerprint density at radius 3 is 3.29 bits per heavy atom. The van der Waals surface area contributed by atoms with Crippen molar-refractivity contribution in [1.29, 1.82) is 0 Å². The molecule has 0 spiro atoms. The average Bonchev–Trinajstić information content (AvgIpc) is 2.63. The molecule has 0 aliphatic rings. The Kier molecular flexibility index (Phi) is 4.25. The molecule has 76 valence electrons. The first kappa shape index (κ1) is 10.8. The molecule has 0 bridgehead atoms. The van der Waals surface area contributed by atoms with Gasteiger partial charge >= 0.3 is 5.97 Å². The van der Waals surface area contributed by atoms with Gasteiger partial charge in [0.2, 0.25) is 0 Å². The Hall–Kier alpha value is -1.23. The van der Waals surface area contributed by atoms with Crippen LogP contribution in [0.15, 0.2) is 24.0 Å². The second kappa shape index (κ2) is 5.49. The van der Waals surface area contributed by atoms with Crippen molar-refractivity contribution in [1.82, 2.24) is 9.97 Å². The second-order valence-electron chi connectivity index (χ2n) is 2.42. The Labute approximate surface area is 86.8 Å². The summed E-state index contributed by atoms with van der Waals surface area (Å²) >= 11 is 1.48. The van der Waals surface area contributed by atoms with Gasteiger partial charge in [-0.3, -0.25) is 0 Å². The third-order valence-corrected chi connectivity index (χ3v) is 2.27. The van der Waals surface area contributed by atoms with E-state index >= 15 is 0 Å². The molecule has 0 aromatic carbocycles. The number of carbonyl (C=O) groups is 1. The molecule has 14 heavy (non-hydrogen) atoms. The van der Waals surface area contributed by atoms with Crippen molar-refractivity contribution in [2.75, 3.05) is 12.4 Å². The van der Waals surface area contributed by atoms with E-state index in [1.54, 1.807) is 13.0 Å². The van der Waals surface area contributed by atoms with Crippen LogP contribution in [-0.4, -0.2) is 28.3 Å². The Morgan fingerprint density at radius 1 is 1.86 bits per heavy atom. The van der Waals surface area contributed by atoms with E-state index in [0.717, 1.165) is 5.75 Å². The van der Waals surface area contributed by atoms with Crippen molar-refractivity contribution in [3.8, 4) is 0 Å². The maximum absolute atomic E-state index is 11.2. The van der Waals surface area contributed by atoms with E-state index < -0.39 is 0 Å². The summed E-state index contributed by atoms with van der Waals surface area (Å²) in [6, 6.07) is 0. The molecule has 5 heteroatoms. The molecule has 0 atom stereocenters. The van der Waals surface area contributed by atoms with E-state index in [4.69, 9.17) is 4.74 Å². The molecule has 0 saturated carbocycles. The summed E-state index contributed by atoms with van der Waals surface area (Å²) in [5, 5.41) is 0.702. The van der Waals surface area contributed by atoms with Gasteiger partial charge in [-0.05, 0) is 6.92 Å². The van der Waals surface area contributed by atoms with Gasteiger partial charge in [0, 0.05) is 5.75 Å². The standard InChI is InChI=1S/C9H12N2O2S/c1-3-5-14-9-10-6-7(11-9)8(12)13-4-2/h3,6H,1,4-5H2,2H3,(H,10,11). The number of aromatic amines is 1. The van der Waals surface area contributed by atoms with Gasteiger partial charge in [-0.1, -0.05) is 17.8 Å². The van der Waals surface area contributed by atoms with Crippen molar-refractivity contribution in [2.24, 2.45) is 0 Å². The number of hydrogen-bond donors (Lipinski definition) is 1. The fraction of sp³-hybridized carbons (Fsp3) is 0.333. The summed E-state index contributed by atoms with van der Waals surface area (Å²) in [5.74, 6) is 0.390. The molecule has 0 saturated heterocycles. The lowest BCUT2D eigenvalue weighted by molar-refractivity contribution is 0.0519. The van der Waals surface area contributed by atoms with Gasteiger partial charge in [0.25, 0.3) is 0 Å². The van der Waals surface area contributed by atoms with Gasteiger partial charge in [0.05, 0.1) is 12.8 Å². The normalized spacial score (nSPS) is 9.79. The lowest BCUT2D eigenvalue weighted by atomic mass is 10.5. The topological polar surface area (TPSA) is 55.0 Å². The number of aromatic nitrogens is 2. The lowest BCUT2D eigenvalue weighted by Gasteiger charge is -1.96. The molecule has 0 aliphatic carbocycles. The van der Waals surface area contributed by atoms with E-state index in [-0.39, 0.29) is 5.97 Å². The molecule has 0 aliphatic heterocycles. The second-order valence-corrected chi connectivity index (χ2v) is 3.43. The number of hydrogen-bond acceptors (Lipinski definition) is 4. The molecule has 0 radical (unpaired) electrons. The highest BCUT2D eigenvalue weighted by Gasteiger charge is 2.09. The molecule has 1 rings (SSSR count). The monoisotopic (exact) mass is 212 g/mol. The van der Waals surface area contributed by atoms with Gasteiger partial charge in [-0.2, -0.15) is 0 Å². The molecular weight excluding hydrogens is 200 g/mol. The zero-order valence-corrected chi connectivity index (χ0v) is 8.76.